The second-order valence-corrected chi connectivity index (χ2v) is 6.74. The molecule has 1 rings (SSSR count). The van der Waals surface area contributed by atoms with Crippen molar-refractivity contribution in [3.63, 3.8) is 0 Å². The van der Waals surface area contributed by atoms with Crippen LogP contribution in [0.25, 0.3) is 0 Å². The molecule has 2 nitrogen and oxygen atoms in total. The van der Waals surface area contributed by atoms with Crippen LogP contribution < -0.4 is 0 Å². The largest absolute Gasteiger partial charge is 0.224 e. The van der Waals surface area contributed by atoms with Crippen LogP contribution in [0.1, 0.15) is 6.92 Å². The van der Waals surface area contributed by atoms with E-state index in [1.807, 2.05) is 12.1 Å². The molecule has 0 saturated carbocycles. The summed E-state index contributed by atoms with van der Waals surface area (Å²) in [6, 6.07) is 6.93. The predicted octanol–water partition coefficient (Wildman–Crippen LogP) is 2.81. The van der Waals surface area contributed by atoms with Crippen LogP contribution in [0.2, 0.25) is 0 Å². The average Bonchev–Trinajstić information content (AvgIpc) is 2.27. The van der Waals surface area contributed by atoms with E-state index < -0.39 is 9.84 Å². The van der Waals surface area contributed by atoms with Crippen LogP contribution in [-0.2, 0) is 9.84 Å². The number of halogens is 1. The lowest BCUT2D eigenvalue weighted by Gasteiger charge is -2.03. The molecule has 15 heavy (non-hydrogen) atoms. The van der Waals surface area contributed by atoms with Gasteiger partial charge >= 0.3 is 0 Å². The topological polar surface area (TPSA) is 34.1 Å². The summed E-state index contributed by atoms with van der Waals surface area (Å²) >= 11 is 7.18. The lowest BCUT2D eigenvalue weighted by Crippen LogP contribution is -2.02. The van der Waals surface area contributed by atoms with E-state index in [1.54, 1.807) is 30.8 Å². The molecule has 84 valence electrons. The van der Waals surface area contributed by atoms with Gasteiger partial charge in [-0.15, -0.1) is 23.4 Å². The fourth-order valence-corrected chi connectivity index (χ4v) is 2.82. The summed E-state index contributed by atoms with van der Waals surface area (Å²) in [6.45, 7) is 1.64. The van der Waals surface area contributed by atoms with Gasteiger partial charge in [0.1, 0.15) is 0 Å². The molecule has 1 aromatic carbocycles. The number of hydrogen-bond donors (Lipinski definition) is 0. The molecule has 0 aliphatic carbocycles. The quantitative estimate of drug-likeness (QED) is 0.606. The third kappa shape index (κ3) is 3.70. The van der Waals surface area contributed by atoms with E-state index in [0.29, 0.717) is 10.8 Å². The maximum absolute atomic E-state index is 11.5. The van der Waals surface area contributed by atoms with Gasteiger partial charge in [-0.1, -0.05) is 6.92 Å². The van der Waals surface area contributed by atoms with Crippen molar-refractivity contribution in [1.29, 1.82) is 0 Å². The number of thioether (sulfide) groups is 1. The molecule has 1 aromatic rings. The molecule has 0 heterocycles. The standard InChI is InChI=1S/C10H13ClO2S2/c1-2-15(12,13)10-5-3-9(4-6-10)14-8-7-11/h3-6H,2,7-8H2,1H3. The third-order valence-electron chi connectivity index (χ3n) is 1.91. The van der Waals surface area contributed by atoms with E-state index >= 15 is 0 Å². The van der Waals surface area contributed by atoms with E-state index in [9.17, 15) is 8.42 Å². The van der Waals surface area contributed by atoms with E-state index in [1.165, 1.54) is 0 Å². The Balaban J connectivity index is 2.81. The minimum absolute atomic E-state index is 0.140. The Kier molecular flexibility index (Phi) is 4.96. The van der Waals surface area contributed by atoms with Crippen molar-refractivity contribution >= 4 is 33.2 Å². The van der Waals surface area contributed by atoms with Gasteiger partial charge in [0.15, 0.2) is 9.84 Å². The Labute approximate surface area is 99.9 Å². The molecule has 0 aromatic heterocycles. The first-order chi connectivity index (χ1) is 7.10. The molecule has 0 spiro atoms. The Morgan fingerprint density at radius 3 is 2.33 bits per heavy atom. The first kappa shape index (κ1) is 12.9. The maximum atomic E-state index is 11.5. The van der Waals surface area contributed by atoms with Gasteiger partial charge in [0, 0.05) is 16.5 Å². The van der Waals surface area contributed by atoms with E-state index in [0.717, 1.165) is 10.6 Å². The zero-order valence-electron chi connectivity index (χ0n) is 8.44. The fourth-order valence-electron chi connectivity index (χ4n) is 1.07. The van der Waals surface area contributed by atoms with Gasteiger partial charge in [-0.25, -0.2) is 8.42 Å². The van der Waals surface area contributed by atoms with Gasteiger partial charge in [-0.3, -0.25) is 0 Å². The lowest BCUT2D eigenvalue weighted by atomic mass is 10.4. The van der Waals surface area contributed by atoms with Gasteiger partial charge in [0.25, 0.3) is 0 Å². The van der Waals surface area contributed by atoms with Crippen LogP contribution in [0.15, 0.2) is 34.1 Å². The Morgan fingerprint density at radius 2 is 1.87 bits per heavy atom. The Hall–Kier alpha value is -0.190. The van der Waals surface area contributed by atoms with Crippen molar-refractivity contribution in [1.82, 2.24) is 0 Å². The summed E-state index contributed by atoms with van der Waals surface area (Å²) in [4.78, 5) is 1.44. The maximum Gasteiger partial charge on any atom is 0.178 e. The average molecular weight is 265 g/mol. The highest BCUT2D eigenvalue weighted by Crippen LogP contribution is 2.20. The molecule has 0 saturated heterocycles. The highest BCUT2D eigenvalue weighted by Gasteiger charge is 2.10. The van der Waals surface area contributed by atoms with Gasteiger partial charge in [-0.2, -0.15) is 0 Å². The monoisotopic (exact) mass is 264 g/mol. The van der Waals surface area contributed by atoms with E-state index in [-0.39, 0.29) is 5.75 Å². The summed E-state index contributed by atoms with van der Waals surface area (Å²) in [6.07, 6.45) is 0. The summed E-state index contributed by atoms with van der Waals surface area (Å²) in [5.74, 6) is 1.57. The molecule has 0 aliphatic rings. The van der Waals surface area contributed by atoms with Crippen molar-refractivity contribution < 1.29 is 8.42 Å². The van der Waals surface area contributed by atoms with Crippen LogP contribution >= 0.6 is 23.4 Å². The van der Waals surface area contributed by atoms with Gasteiger partial charge in [0.2, 0.25) is 0 Å². The zero-order valence-corrected chi connectivity index (χ0v) is 10.8. The predicted molar refractivity (Wildman–Crippen MR) is 65.6 cm³/mol. The van der Waals surface area contributed by atoms with Crippen molar-refractivity contribution in [3.8, 4) is 0 Å². The molecule has 0 unspecified atom stereocenters. The minimum Gasteiger partial charge on any atom is -0.224 e. The molecule has 0 fully saturated rings. The molecule has 0 bridgehead atoms. The summed E-state index contributed by atoms with van der Waals surface area (Å²) in [5, 5.41) is 0. The van der Waals surface area contributed by atoms with E-state index in [4.69, 9.17) is 11.6 Å². The highest BCUT2D eigenvalue weighted by molar-refractivity contribution is 7.99. The SMILES string of the molecule is CCS(=O)(=O)c1ccc(SCCCl)cc1. The van der Waals surface area contributed by atoms with Crippen molar-refractivity contribution in [2.45, 2.75) is 16.7 Å². The van der Waals surface area contributed by atoms with Gasteiger partial charge in [-0.05, 0) is 24.3 Å². The molecule has 0 radical (unpaired) electrons. The number of sulfone groups is 1. The smallest absolute Gasteiger partial charge is 0.178 e. The molecule has 5 heteroatoms. The molecular weight excluding hydrogens is 252 g/mol. The normalized spacial score (nSPS) is 11.6. The second kappa shape index (κ2) is 5.77. The number of benzene rings is 1. The first-order valence-corrected chi connectivity index (χ1v) is 7.79. The molecular formula is C10H13ClO2S2. The molecule has 0 atom stereocenters. The van der Waals surface area contributed by atoms with Crippen LogP contribution in [0.3, 0.4) is 0 Å². The lowest BCUT2D eigenvalue weighted by molar-refractivity contribution is 0.597. The molecule has 0 amide bonds. The number of hydrogen-bond acceptors (Lipinski definition) is 3. The summed E-state index contributed by atoms with van der Waals surface area (Å²) < 4.78 is 23.0. The molecule has 0 aliphatic heterocycles. The third-order valence-corrected chi connectivity index (χ3v) is 5.09. The highest BCUT2D eigenvalue weighted by atomic mass is 35.5. The Bertz CT molecular complexity index is 398. The molecule has 0 N–H and O–H groups in total. The van der Waals surface area contributed by atoms with Crippen LogP contribution in [-0.4, -0.2) is 25.8 Å². The van der Waals surface area contributed by atoms with Crippen molar-refractivity contribution in [2.75, 3.05) is 17.4 Å². The summed E-state index contributed by atoms with van der Waals surface area (Å²) in [5.41, 5.74) is 0. The van der Waals surface area contributed by atoms with Crippen molar-refractivity contribution in [3.05, 3.63) is 24.3 Å². The zero-order chi connectivity index (χ0) is 11.3. The van der Waals surface area contributed by atoms with Crippen LogP contribution in [0, 0.1) is 0 Å². The summed E-state index contributed by atoms with van der Waals surface area (Å²) in [7, 11) is -3.07. The van der Waals surface area contributed by atoms with Crippen LogP contribution in [0.4, 0.5) is 0 Å². The van der Waals surface area contributed by atoms with Gasteiger partial charge in [0.05, 0.1) is 10.6 Å². The van der Waals surface area contributed by atoms with E-state index in [2.05, 4.69) is 0 Å². The second-order valence-electron chi connectivity index (χ2n) is 2.91. The fraction of sp³-hybridized carbons (Fsp3) is 0.400. The van der Waals surface area contributed by atoms with Crippen LogP contribution in [0.5, 0.6) is 0 Å². The Morgan fingerprint density at radius 1 is 1.27 bits per heavy atom. The first-order valence-electron chi connectivity index (χ1n) is 4.61. The van der Waals surface area contributed by atoms with Crippen molar-refractivity contribution in [2.24, 2.45) is 0 Å². The van der Waals surface area contributed by atoms with Gasteiger partial charge < -0.3 is 0 Å². The minimum atomic E-state index is -3.07. The number of alkyl halides is 1. The number of rotatable bonds is 5.